The van der Waals surface area contributed by atoms with E-state index in [0.29, 0.717) is 29.7 Å². The summed E-state index contributed by atoms with van der Waals surface area (Å²) in [6.45, 7) is 6.13. The number of nitrogens with zero attached hydrogens (tertiary/aromatic N) is 4. The van der Waals surface area contributed by atoms with Gasteiger partial charge in [-0.05, 0) is 69.7 Å². The second-order valence-corrected chi connectivity index (χ2v) is 10.7. The molecule has 2 aromatic heterocycles. The minimum absolute atomic E-state index is 0.0157. The predicted molar refractivity (Wildman–Crippen MR) is 125 cm³/mol. The molecule has 1 amide bonds. The topological polar surface area (TPSA) is 71.8 Å². The van der Waals surface area contributed by atoms with Crippen molar-refractivity contribution in [2.45, 2.75) is 51.4 Å². The Labute approximate surface area is 213 Å². The first kappa shape index (κ1) is 26.1. The molecule has 7 nitrogen and oxygen atoms in total. The van der Waals surface area contributed by atoms with Crippen LogP contribution in [-0.4, -0.2) is 50.3 Å². The van der Waals surface area contributed by atoms with E-state index in [1.807, 2.05) is 0 Å². The summed E-state index contributed by atoms with van der Waals surface area (Å²) in [7, 11) is 0. The van der Waals surface area contributed by atoms with Crippen molar-refractivity contribution in [1.29, 1.82) is 0 Å². The van der Waals surface area contributed by atoms with Crippen molar-refractivity contribution in [3.8, 4) is 11.1 Å². The molecule has 2 bridgehead atoms. The molecule has 1 aromatic carbocycles. The second-order valence-electron chi connectivity index (χ2n) is 10.7. The summed E-state index contributed by atoms with van der Waals surface area (Å²) in [5, 5.41) is 7.12. The van der Waals surface area contributed by atoms with Gasteiger partial charge in [-0.1, -0.05) is 0 Å². The third-order valence-electron chi connectivity index (χ3n) is 6.88. The van der Waals surface area contributed by atoms with Crippen LogP contribution in [0, 0.1) is 29.3 Å². The molecule has 1 saturated heterocycles. The molecular weight excluding hydrogens is 516 g/mol. The van der Waals surface area contributed by atoms with Crippen LogP contribution < -0.4 is 5.32 Å². The minimum atomic E-state index is -4.81. The zero-order chi connectivity index (χ0) is 27.6. The zero-order valence-corrected chi connectivity index (χ0v) is 20.7. The number of amides is 1. The van der Waals surface area contributed by atoms with Crippen LogP contribution in [0.3, 0.4) is 0 Å². The lowest BCUT2D eigenvalue weighted by Gasteiger charge is -2.38. The Kier molecular flexibility index (Phi) is 6.22. The van der Waals surface area contributed by atoms with Crippen LogP contribution in [0.1, 0.15) is 39.3 Å². The Morgan fingerprint density at radius 3 is 2.21 bits per heavy atom. The van der Waals surface area contributed by atoms with Crippen LogP contribution in [0.2, 0.25) is 0 Å². The number of hydrogen-bond donors (Lipinski definition) is 1. The second kappa shape index (κ2) is 9.05. The number of anilines is 1. The maximum absolute atomic E-state index is 14.6. The molecule has 1 aliphatic heterocycles. The van der Waals surface area contributed by atoms with Gasteiger partial charge < -0.3 is 15.0 Å². The molecule has 5 rings (SSSR count). The number of nitrogens with one attached hydrogen (secondary N) is 1. The molecule has 0 radical (unpaired) electrons. The molecule has 2 fully saturated rings. The van der Waals surface area contributed by atoms with Crippen molar-refractivity contribution >= 4 is 17.7 Å². The average Bonchev–Trinajstić information content (AvgIpc) is 3.31. The lowest BCUT2D eigenvalue weighted by molar-refractivity contribution is -0.142. The van der Waals surface area contributed by atoms with E-state index in [4.69, 9.17) is 4.74 Å². The highest BCUT2D eigenvalue weighted by molar-refractivity contribution is 5.79. The number of ether oxygens (including phenoxy) is 1. The third kappa shape index (κ3) is 4.73. The number of halogens is 6. The number of benzene rings is 1. The molecule has 13 heteroatoms. The first-order valence-corrected chi connectivity index (χ1v) is 12.1. The Balaban J connectivity index is 1.48. The Hall–Kier alpha value is -3.51. The number of pyridine rings is 1. The zero-order valence-electron chi connectivity index (χ0n) is 20.7. The van der Waals surface area contributed by atoms with E-state index in [1.165, 1.54) is 0 Å². The van der Waals surface area contributed by atoms with Gasteiger partial charge in [0.15, 0.2) is 23.1 Å². The number of rotatable bonds is 3. The SMILES string of the molecule is CC(C)(C)OC(=O)N1C[C@H]2CC[C@@H](C1)[C@@H]2Nc1nc2c(-c3ccc(F)c(F)c3F)ccc(C(F)(F)F)n2n1. The third-order valence-corrected chi connectivity index (χ3v) is 6.88. The molecule has 204 valence electrons. The van der Waals surface area contributed by atoms with Gasteiger partial charge in [0.2, 0.25) is 5.95 Å². The van der Waals surface area contributed by atoms with E-state index in [0.717, 1.165) is 25.0 Å². The van der Waals surface area contributed by atoms with E-state index in [9.17, 15) is 31.1 Å². The molecule has 38 heavy (non-hydrogen) atoms. The number of piperidine rings is 1. The summed E-state index contributed by atoms with van der Waals surface area (Å²) in [6, 6.07) is 3.04. The van der Waals surface area contributed by atoms with E-state index in [1.54, 1.807) is 25.7 Å². The van der Waals surface area contributed by atoms with Crippen LogP contribution in [0.15, 0.2) is 24.3 Å². The van der Waals surface area contributed by atoms with Crippen LogP contribution in [0.5, 0.6) is 0 Å². The summed E-state index contributed by atoms with van der Waals surface area (Å²) in [5.41, 5.74) is -2.81. The lowest BCUT2D eigenvalue weighted by Crippen LogP contribution is -2.51. The van der Waals surface area contributed by atoms with Crippen molar-refractivity contribution in [2.24, 2.45) is 11.8 Å². The smallest absolute Gasteiger partial charge is 0.433 e. The number of likely N-dealkylation sites (tertiary alicyclic amines) is 1. The highest BCUT2D eigenvalue weighted by atomic mass is 19.4. The van der Waals surface area contributed by atoms with Crippen molar-refractivity contribution in [1.82, 2.24) is 19.5 Å². The van der Waals surface area contributed by atoms with Crippen LogP contribution in [0.25, 0.3) is 16.8 Å². The summed E-state index contributed by atoms with van der Waals surface area (Å²) in [6.07, 6.45) is -3.67. The largest absolute Gasteiger partial charge is 0.444 e. The molecule has 0 spiro atoms. The maximum Gasteiger partial charge on any atom is 0.433 e. The molecule has 1 saturated carbocycles. The van der Waals surface area contributed by atoms with Crippen molar-refractivity contribution < 1.29 is 35.9 Å². The highest BCUT2D eigenvalue weighted by Gasteiger charge is 2.45. The summed E-state index contributed by atoms with van der Waals surface area (Å²) in [4.78, 5) is 18.4. The monoisotopic (exact) mass is 541 g/mol. The van der Waals surface area contributed by atoms with Gasteiger partial charge in [-0.15, -0.1) is 5.10 Å². The fraction of sp³-hybridized carbons (Fsp3) is 0.480. The lowest BCUT2D eigenvalue weighted by atomic mass is 9.92. The Bertz CT molecular complexity index is 1390. The number of fused-ring (bicyclic) bond motifs is 3. The molecule has 3 atom stereocenters. The number of carbonyl (C=O) groups excluding carboxylic acids is 1. The van der Waals surface area contributed by atoms with Gasteiger partial charge in [0.25, 0.3) is 0 Å². The van der Waals surface area contributed by atoms with Gasteiger partial charge in [0, 0.05) is 30.3 Å². The van der Waals surface area contributed by atoms with Crippen molar-refractivity contribution in [2.75, 3.05) is 18.4 Å². The Morgan fingerprint density at radius 2 is 1.61 bits per heavy atom. The molecule has 2 aliphatic rings. The van der Waals surface area contributed by atoms with Gasteiger partial charge in [0.05, 0.1) is 0 Å². The Morgan fingerprint density at radius 1 is 0.974 bits per heavy atom. The van der Waals surface area contributed by atoms with Crippen LogP contribution >= 0.6 is 0 Å². The van der Waals surface area contributed by atoms with Gasteiger partial charge >= 0.3 is 12.3 Å². The summed E-state index contributed by atoms with van der Waals surface area (Å²) < 4.78 is 89.2. The van der Waals surface area contributed by atoms with Crippen LogP contribution in [0.4, 0.5) is 37.1 Å². The van der Waals surface area contributed by atoms with E-state index >= 15 is 0 Å². The fourth-order valence-corrected chi connectivity index (χ4v) is 5.26. The van der Waals surface area contributed by atoms with E-state index in [-0.39, 0.29) is 35.0 Å². The van der Waals surface area contributed by atoms with Gasteiger partial charge in [-0.25, -0.2) is 22.5 Å². The molecule has 0 unspecified atom stereocenters. The number of alkyl halides is 3. The van der Waals surface area contributed by atoms with E-state index < -0.39 is 46.6 Å². The summed E-state index contributed by atoms with van der Waals surface area (Å²) >= 11 is 0. The van der Waals surface area contributed by atoms with Gasteiger partial charge in [-0.3, -0.25) is 0 Å². The number of aromatic nitrogens is 3. The van der Waals surface area contributed by atoms with Gasteiger partial charge in [-0.2, -0.15) is 18.2 Å². The maximum atomic E-state index is 14.6. The molecule has 1 aliphatic carbocycles. The normalized spacial score (nSPS) is 21.7. The average molecular weight is 541 g/mol. The molecule has 1 N–H and O–H groups in total. The van der Waals surface area contributed by atoms with Crippen molar-refractivity contribution in [3.05, 3.63) is 47.4 Å². The molecular formula is C25H25F6N5O2. The molecule has 3 aromatic rings. The van der Waals surface area contributed by atoms with Crippen molar-refractivity contribution in [3.63, 3.8) is 0 Å². The summed E-state index contributed by atoms with van der Waals surface area (Å²) in [5.74, 6) is -4.87. The predicted octanol–water partition coefficient (Wildman–Crippen LogP) is 5.89. The minimum Gasteiger partial charge on any atom is -0.444 e. The number of carbonyl (C=O) groups is 1. The first-order valence-electron chi connectivity index (χ1n) is 12.1. The quantitative estimate of drug-likeness (QED) is 0.331. The first-order chi connectivity index (χ1) is 17.7. The fourth-order valence-electron chi connectivity index (χ4n) is 5.26. The van der Waals surface area contributed by atoms with Crippen LogP contribution in [-0.2, 0) is 10.9 Å². The van der Waals surface area contributed by atoms with Gasteiger partial charge in [0.1, 0.15) is 11.3 Å². The number of hydrogen-bond acceptors (Lipinski definition) is 5. The van der Waals surface area contributed by atoms with E-state index in [2.05, 4.69) is 15.4 Å². The standard InChI is InChI=1S/C25H25F6N5O2/c1-24(2,3)38-23(37)35-10-12-4-5-13(11-35)20(12)32-22-33-21-15(14-6-8-16(26)19(28)18(14)27)7-9-17(25(29,30)31)36(21)34-22/h6-9,12-13,20H,4-5,10-11H2,1-3H3,(H,32,34)/t12-,13+,20-. The highest BCUT2D eigenvalue weighted by Crippen LogP contribution is 2.40. The molecule has 3 heterocycles.